The van der Waals surface area contributed by atoms with Gasteiger partial charge >= 0.3 is 12.1 Å². The quantitative estimate of drug-likeness (QED) is 0.660. The average Bonchev–Trinajstić information content (AvgIpc) is 3.00. The van der Waals surface area contributed by atoms with E-state index in [9.17, 15) is 18.0 Å². The summed E-state index contributed by atoms with van der Waals surface area (Å²) in [6, 6.07) is 15.4. The second-order valence-corrected chi connectivity index (χ2v) is 5.37. The predicted molar refractivity (Wildman–Crippen MR) is 84.7 cm³/mol. The van der Waals surface area contributed by atoms with Crippen LogP contribution in [0, 0.1) is 6.92 Å². The van der Waals surface area contributed by atoms with Crippen molar-refractivity contribution >= 4 is 5.97 Å². The molecule has 3 aromatic rings. The van der Waals surface area contributed by atoms with Gasteiger partial charge < -0.3 is 4.74 Å². The van der Waals surface area contributed by atoms with Crippen molar-refractivity contribution in [2.45, 2.75) is 13.1 Å². The molecule has 7 heteroatoms. The van der Waals surface area contributed by atoms with E-state index in [4.69, 9.17) is 4.74 Å². The number of halogens is 3. The van der Waals surface area contributed by atoms with Gasteiger partial charge in [0, 0.05) is 6.07 Å². The maximum absolute atomic E-state index is 13.0. The number of nitrogens with zero attached hydrogens (tertiary/aromatic N) is 2. The molecule has 0 unspecified atom stereocenters. The Morgan fingerprint density at radius 3 is 2.28 bits per heavy atom. The summed E-state index contributed by atoms with van der Waals surface area (Å²) in [5.41, 5.74) is 0.401. The van der Waals surface area contributed by atoms with Gasteiger partial charge in [-0.15, -0.1) is 0 Å². The van der Waals surface area contributed by atoms with Crippen LogP contribution in [0.15, 0.2) is 60.7 Å². The van der Waals surface area contributed by atoms with E-state index in [0.717, 1.165) is 10.2 Å². The van der Waals surface area contributed by atoms with Crippen LogP contribution in [0.1, 0.15) is 21.6 Å². The molecule has 0 saturated heterocycles. The first kappa shape index (κ1) is 16.8. The molecule has 25 heavy (non-hydrogen) atoms. The third-order valence-electron chi connectivity index (χ3n) is 3.45. The fourth-order valence-corrected chi connectivity index (χ4v) is 2.17. The number of aryl methyl sites for hydroxylation is 1. The van der Waals surface area contributed by atoms with Crippen LogP contribution in [-0.2, 0) is 6.18 Å². The summed E-state index contributed by atoms with van der Waals surface area (Å²) in [6.07, 6.45) is -4.65. The summed E-state index contributed by atoms with van der Waals surface area (Å²) in [4.78, 5) is 12.2. The first-order chi connectivity index (χ1) is 11.8. The molecule has 128 valence electrons. The van der Waals surface area contributed by atoms with Gasteiger partial charge in [-0.05, 0) is 31.2 Å². The molecule has 0 atom stereocenters. The number of rotatable bonds is 3. The first-order valence-electron chi connectivity index (χ1n) is 7.36. The van der Waals surface area contributed by atoms with E-state index in [1.807, 2.05) is 6.92 Å². The van der Waals surface area contributed by atoms with Gasteiger partial charge in [-0.2, -0.15) is 18.3 Å². The normalized spacial score (nSPS) is 11.4. The number of hydrogen-bond acceptors (Lipinski definition) is 3. The molecule has 1 aromatic heterocycles. The molecule has 0 aliphatic heterocycles. The Hall–Kier alpha value is -3.09. The highest BCUT2D eigenvalue weighted by atomic mass is 19.4. The highest BCUT2D eigenvalue weighted by Gasteiger charge is 2.36. The number of hydrogen-bond donors (Lipinski definition) is 0. The number of para-hydroxylation sites is 1. The van der Waals surface area contributed by atoms with Crippen molar-refractivity contribution in [3.63, 3.8) is 0 Å². The zero-order chi connectivity index (χ0) is 18.0. The van der Waals surface area contributed by atoms with Gasteiger partial charge in [0.1, 0.15) is 0 Å². The average molecular weight is 346 g/mol. The van der Waals surface area contributed by atoms with Crippen molar-refractivity contribution in [3.8, 4) is 11.6 Å². The molecule has 0 fully saturated rings. The predicted octanol–water partition coefficient (Wildman–Crippen LogP) is 4.42. The molecule has 0 radical (unpaired) electrons. The largest absolute Gasteiger partial charge is 0.435 e. The number of esters is 1. The summed E-state index contributed by atoms with van der Waals surface area (Å²) >= 11 is 0. The van der Waals surface area contributed by atoms with Gasteiger partial charge in [0.25, 0.3) is 0 Å². The molecule has 0 amide bonds. The number of alkyl halides is 3. The molecule has 1 heterocycles. The zero-order valence-electron chi connectivity index (χ0n) is 13.1. The smallest absolute Gasteiger partial charge is 0.404 e. The van der Waals surface area contributed by atoms with Crippen LogP contribution in [-0.4, -0.2) is 15.7 Å². The van der Waals surface area contributed by atoms with E-state index in [1.165, 1.54) is 0 Å². The first-order valence-corrected chi connectivity index (χ1v) is 7.36. The fourth-order valence-electron chi connectivity index (χ4n) is 2.17. The molecule has 0 N–H and O–H groups in total. The number of carbonyl (C=O) groups is 1. The molecule has 0 aliphatic carbocycles. The Bertz CT molecular complexity index is 885. The highest BCUT2D eigenvalue weighted by molar-refractivity contribution is 5.91. The standard InChI is InChI=1S/C18H13F3N2O2/c1-12-7-9-13(10-8-12)17(24)25-16-11-15(18(19,20)21)22-23(16)14-5-3-2-4-6-14/h2-11H,1H3. The summed E-state index contributed by atoms with van der Waals surface area (Å²) in [7, 11) is 0. The minimum absolute atomic E-state index is 0.236. The topological polar surface area (TPSA) is 44.1 Å². The maximum Gasteiger partial charge on any atom is 0.435 e. The van der Waals surface area contributed by atoms with Crippen LogP contribution in [0.2, 0.25) is 0 Å². The van der Waals surface area contributed by atoms with E-state index in [-0.39, 0.29) is 11.4 Å². The van der Waals surface area contributed by atoms with E-state index in [1.54, 1.807) is 54.6 Å². The Kier molecular flexibility index (Phi) is 4.31. The second kappa shape index (κ2) is 6.43. The van der Waals surface area contributed by atoms with E-state index in [0.29, 0.717) is 11.8 Å². The molecule has 2 aromatic carbocycles. The molecule has 4 nitrogen and oxygen atoms in total. The minimum Gasteiger partial charge on any atom is -0.404 e. The van der Waals surface area contributed by atoms with Crippen LogP contribution >= 0.6 is 0 Å². The van der Waals surface area contributed by atoms with E-state index in [2.05, 4.69) is 5.10 Å². The van der Waals surface area contributed by atoms with Crippen molar-refractivity contribution in [2.24, 2.45) is 0 Å². The van der Waals surface area contributed by atoms with Crippen molar-refractivity contribution in [3.05, 3.63) is 77.5 Å². The molecule has 3 rings (SSSR count). The molecular formula is C18H13F3N2O2. The Balaban J connectivity index is 1.98. The zero-order valence-corrected chi connectivity index (χ0v) is 13.1. The van der Waals surface area contributed by atoms with Gasteiger partial charge in [0.05, 0.1) is 11.3 Å². The van der Waals surface area contributed by atoms with Crippen molar-refractivity contribution in [1.29, 1.82) is 0 Å². The van der Waals surface area contributed by atoms with Crippen LogP contribution < -0.4 is 4.74 Å². The Labute approximate surface area is 141 Å². The third-order valence-corrected chi connectivity index (χ3v) is 3.45. The van der Waals surface area contributed by atoms with Gasteiger partial charge in [0.2, 0.25) is 5.88 Å². The monoisotopic (exact) mass is 346 g/mol. The molecular weight excluding hydrogens is 333 g/mol. The number of benzene rings is 2. The number of aromatic nitrogens is 2. The fraction of sp³-hybridized carbons (Fsp3) is 0.111. The van der Waals surface area contributed by atoms with Crippen molar-refractivity contribution in [2.75, 3.05) is 0 Å². The van der Waals surface area contributed by atoms with Crippen LogP contribution in [0.3, 0.4) is 0 Å². The molecule has 0 spiro atoms. The third kappa shape index (κ3) is 3.71. The Morgan fingerprint density at radius 1 is 1.04 bits per heavy atom. The van der Waals surface area contributed by atoms with Gasteiger partial charge in [-0.25, -0.2) is 9.48 Å². The summed E-state index contributed by atoms with van der Waals surface area (Å²) in [6.45, 7) is 1.86. The highest BCUT2D eigenvalue weighted by Crippen LogP contribution is 2.32. The summed E-state index contributed by atoms with van der Waals surface area (Å²) in [5.74, 6) is -1.06. The molecule has 0 bridgehead atoms. The minimum atomic E-state index is -4.65. The number of carbonyl (C=O) groups excluding carboxylic acids is 1. The lowest BCUT2D eigenvalue weighted by Crippen LogP contribution is -2.11. The lowest BCUT2D eigenvalue weighted by Gasteiger charge is -2.08. The van der Waals surface area contributed by atoms with Crippen molar-refractivity contribution in [1.82, 2.24) is 9.78 Å². The second-order valence-electron chi connectivity index (χ2n) is 5.37. The molecule has 0 saturated carbocycles. The van der Waals surface area contributed by atoms with E-state index >= 15 is 0 Å². The lowest BCUT2D eigenvalue weighted by molar-refractivity contribution is -0.141. The number of ether oxygens (including phenoxy) is 1. The van der Waals surface area contributed by atoms with Crippen LogP contribution in [0.4, 0.5) is 13.2 Å². The summed E-state index contributed by atoms with van der Waals surface area (Å²) < 4.78 is 45.1. The van der Waals surface area contributed by atoms with Crippen molar-refractivity contribution < 1.29 is 22.7 Å². The summed E-state index contributed by atoms with van der Waals surface area (Å²) in [5, 5.41) is 3.53. The molecule has 0 aliphatic rings. The van der Waals surface area contributed by atoms with Gasteiger partial charge in [0.15, 0.2) is 5.69 Å². The van der Waals surface area contributed by atoms with Crippen LogP contribution in [0.25, 0.3) is 5.69 Å². The SMILES string of the molecule is Cc1ccc(C(=O)Oc2cc(C(F)(F)F)nn2-c2ccccc2)cc1. The Morgan fingerprint density at radius 2 is 1.68 bits per heavy atom. The van der Waals surface area contributed by atoms with Crippen LogP contribution in [0.5, 0.6) is 5.88 Å². The maximum atomic E-state index is 13.0. The lowest BCUT2D eigenvalue weighted by atomic mass is 10.1. The van der Waals surface area contributed by atoms with E-state index < -0.39 is 17.8 Å². The van der Waals surface area contributed by atoms with Gasteiger partial charge in [-0.1, -0.05) is 35.9 Å². The van der Waals surface area contributed by atoms with Gasteiger partial charge in [-0.3, -0.25) is 0 Å².